The number of rotatable bonds is 4. The largest absolute Gasteiger partial charge is 0.384 e. The maximum Gasteiger partial charge on any atom is 0.0505 e. The molecule has 0 aromatic rings. The van der Waals surface area contributed by atoms with Crippen molar-refractivity contribution in [2.45, 2.75) is 12.8 Å². The summed E-state index contributed by atoms with van der Waals surface area (Å²) in [7, 11) is 1.75. The van der Waals surface area contributed by atoms with Gasteiger partial charge in [0.1, 0.15) is 0 Å². The minimum Gasteiger partial charge on any atom is -0.384 e. The number of piperidine rings is 1. The highest BCUT2D eigenvalue weighted by atomic mass is 16.5. The summed E-state index contributed by atoms with van der Waals surface area (Å²) in [6, 6.07) is 0. The maximum absolute atomic E-state index is 5.68. The molecule has 0 saturated carbocycles. The van der Waals surface area contributed by atoms with Gasteiger partial charge >= 0.3 is 0 Å². The third kappa shape index (κ3) is 2.73. The summed E-state index contributed by atoms with van der Waals surface area (Å²) >= 11 is 0. The van der Waals surface area contributed by atoms with Gasteiger partial charge in [-0.05, 0) is 44.3 Å². The highest BCUT2D eigenvalue weighted by Gasteiger charge is 2.21. The molecule has 1 aliphatic heterocycles. The highest BCUT2D eigenvalue weighted by molar-refractivity contribution is 4.76. The second-order valence-corrected chi connectivity index (χ2v) is 3.56. The molecule has 0 radical (unpaired) electrons. The number of nitrogens with one attached hydrogen (secondary N) is 1. The molecule has 3 N–H and O–H groups in total. The van der Waals surface area contributed by atoms with Gasteiger partial charge in [-0.3, -0.25) is 0 Å². The fourth-order valence-electron chi connectivity index (χ4n) is 1.89. The van der Waals surface area contributed by atoms with Gasteiger partial charge in [-0.15, -0.1) is 0 Å². The predicted molar refractivity (Wildman–Crippen MR) is 50.0 cm³/mol. The topological polar surface area (TPSA) is 47.3 Å². The third-order valence-electron chi connectivity index (χ3n) is 2.69. The Kier molecular flexibility index (Phi) is 4.58. The minimum atomic E-state index is 0.544. The van der Waals surface area contributed by atoms with Crippen molar-refractivity contribution in [2.75, 3.05) is 33.4 Å². The molecule has 12 heavy (non-hydrogen) atoms. The number of hydrogen-bond donors (Lipinski definition) is 2. The normalized spacial score (nSPS) is 27.0. The summed E-state index contributed by atoms with van der Waals surface area (Å²) in [6.45, 7) is 3.84. The summed E-state index contributed by atoms with van der Waals surface area (Å²) in [5, 5.41) is 3.40. The molecule has 0 spiro atoms. The summed E-state index contributed by atoms with van der Waals surface area (Å²) in [5.74, 6) is 1.27. The zero-order valence-corrected chi connectivity index (χ0v) is 7.88. The lowest BCUT2D eigenvalue weighted by atomic mass is 9.87. The van der Waals surface area contributed by atoms with Crippen molar-refractivity contribution in [3.8, 4) is 0 Å². The van der Waals surface area contributed by atoms with Crippen LogP contribution in [0, 0.1) is 11.8 Å². The monoisotopic (exact) mass is 172 g/mol. The molecular formula is C9H20N2O. The van der Waals surface area contributed by atoms with Crippen LogP contribution in [0.5, 0.6) is 0 Å². The number of methoxy groups -OCH3 is 1. The Bertz CT molecular complexity index is 110. The van der Waals surface area contributed by atoms with Crippen LogP contribution in [0.4, 0.5) is 0 Å². The van der Waals surface area contributed by atoms with Gasteiger partial charge in [0.15, 0.2) is 0 Å². The second kappa shape index (κ2) is 5.51. The second-order valence-electron chi connectivity index (χ2n) is 3.56. The van der Waals surface area contributed by atoms with Gasteiger partial charge in [0.25, 0.3) is 0 Å². The molecule has 2 unspecified atom stereocenters. The van der Waals surface area contributed by atoms with E-state index in [-0.39, 0.29) is 0 Å². The van der Waals surface area contributed by atoms with E-state index in [4.69, 9.17) is 10.5 Å². The fraction of sp³-hybridized carbons (Fsp3) is 1.00. The molecule has 0 aliphatic carbocycles. The van der Waals surface area contributed by atoms with Gasteiger partial charge in [-0.1, -0.05) is 0 Å². The van der Waals surface area contributed by atoms with Crippen molar-refractivity contribution in [3.63, 3.8) is 0 Å². The Hall–Kier alpha value is -0.120. The van der Waals surface area contributed by atoms with Crippen LogP contribution in [0.1, 0.15) is 12.8 Å². The van der Waals surface area contributed by atoms with Crippen molar-refractivity contribution in [1.82, 2.24) is 5.32 Å². The van der Waals surface area contributed by atoms with Gasteiger partial charge in [-0.25, -0.2) is 0 Å². The first-order chi connectivity index (χ1) is 5.88. The molecule has 1 saturated heterocycles. The quantitative estimate of drug-likeness (QED) is 0.637. The van der Waals surface area contributed by atoms with Gasteiger partial charge in [0, 0.05) is 7.11 Å². The van der Waals surface area contributed by atoms with Gasteiger partial charge in [0.2, 0.25) is 0 Å². The summed E-state index contributed by atoms with van der Waals surface area (Å²) in [6.07, 6.45) is 2.59. The van der Waals surface area contributed by atoms with E-state index >= 15 is 0 Å². The number of hydrogen-bond acceptors (Lipinski definition) is 3. The minimum absolute atomic E-state index is 0.544. The summed E-state index contributed by atoms with van der Waals surface area (Å²) in [4.78, 5) is 0. The zero-order valence-electron chi connectivity index (χ0n) is 7.88. The Morgan fingerprint density at radius 3 is 3.00 bits per heavy atom. The van der Waals surface area contributed by atoms with E-state index in [9.17, 15) is 0 Å². The van der Waals surface area contributed by atoms with Crippen molar-refractivity contribution in [3.05, 3.63) is 0 Å². The lowest BCUT2D eigenvalue weighted by Crippen LogP contribution is -2.38. The molecule has 3 heteroatoms. The van der Waals surface area contributed by atoms with Crippen molar-refractivity contribution >= 4 is 0 Å². The Balaban J connectivity index is 2.29. The Morgan fingerprint density at radius 1 is 1.67 bits per heavy atom. The SMILES string of the molecule is COCC(CN)C1CCCNC1. The molecule has 0 aromatic heterocycles. The number of nitrogens with two attached hydrogens (primary N) is 1. The van der Waals surface area contributed by atoms with E-state index in [1.54, 1.807) is 7.11 Å². The van der Waals surface area contributed by atoms with Gasteiger partial charge in [-0.2, -0.15) is 0 Å². The molecule has 0 aromatic carbocycles. The van der Waals surface area contributed by atoms with E-state index in [1.165, 1.54) is 19.4 Å². The maximum atomic E-state index is 5.68. The standard InChI is InChI=1S/C9H20N2O/c1-12-7-9(5-10)8-3-2-4-11-6-8/h8-9,11H,2-7,10H2,1H3. The van der Waals surface area contributed by atoms with Crippen molar-refractivity contribution in [2.24, 2.45) is 17.6 Å². The van der Waals surface area contributed by atoms with Crippen LogP contribution < -0.4 is 11.1 Å². The summed E-state index contributed by atoms with van der Waals surface area (Å²) in [5.41, 5.74) is 5.68. The Labute approximate surface area is 74.7 Å². The van der Waals surface area contributed by atoms with Crippen molar-refractivity contribution in [1.29, 1.82) is 0 Å². The third-order valence-corrected chi connectivity index (χ3v) is 2.69. The molecule has 0 bridgehead atoms. The van der Waals surface area contributed by atoms with Crippen LogP contribution in [-0.2, 0) is 4.74 Å². The molecule has 2 atom stereocenters. The first kappa shape index (κ1) is 9.96. The molecule has 1 fully saturated rings. The van der Waals surface area contributed by atoms with E-state index in [1.807, 2.05) is 0 Å². The molecule has 1 rings (SSSR count). The molecular weight excluding hydrogens is 152 g/mol. The van der Waals surface area contributed by atoms with Gasteiger partial charge in [0.05, 0.1) is 6.61 Å². The smallest absolute Gasteiger partial charge is 0.0505 e. The summed E-state index contributed by atoms with van der Waals surface area (Å²) < 4.78 is 5.14. The van der Waals surface area contributed by atoms with Crippen LogP contribution in [0.2, 0.25) is 0 Å². The van der Waals surface area contributed by atoms with E-state index in [2.05, 4.69) is 5.32 Å². The molecule has 1 heterocycles. The first-order valence-corrected chi connectivity index (χ1v) is 4.78. The zero-order chi connectivity index (χ0) is 8.81. The first-order valence-electron chi connectivity index (χ1n) is 4.78. The van der Waals surface area contributed by atoms with Crippen molar-refractivity contribution < 1.29 is 4.74 Å². The lowest BCUT2D eigenvalue weighted by Gasteiger charge is -2.29. The average Bonchev–Trinajstić information content (AvgIpc) is 2.15. The van der Waals surface area contributed by atoms with Gasteiger partial charge < -0.3 is 15.8 Å². The predicted octanol–water partition coefficient (Wildman–Crippen LogP) is 0.207. The van der Waals surface area contributed by atoms with Crippen LogP contribution >= 0.6 is 0 Å². The van der Waals surface area contributed by atoms with Crippen LogP contribution in [0.3, 0.4) is 0 Å². The average molecular weight is 172 g/mol. The molecule has 1 aliphatic rings. The van der Waals surface area contributed by atoms with E-state index < -0.39 is 0 Å². The Morgan fingerprint density at radius 2 is 2.50 bits per heavy atom. The highest BCUT2D eigenvalue weighted by Crippen LogP contribution is 2.19. The molecule has 0 amide bonds. The van der Waals surface area contributed by atoms with E-state index in [0.717, 1.165) is 25.6 Å². The van der Waals surface area contributed by atoms with E-state index in [0.29, 0.717) is 5.92 Å². The number of ether oxygens (including phenoxy) is 1. The fourth-order valence-corrected chi connectivity index (χ4v) is 1.89. The lowest BCUT2D eigenvalue weighted by molar-refractivity contribution is 0.113. The van der Waals surface area contributed by atoms with Crippen LogP contribution in [0.25, 0.3) is 0 Å². The molecule has 72 valence electrons. The molecule has 3 nitrogen and oxygen atoms in total. The van der Waals surface area contributed by atoms with Crippen LogP contribution in [0.15, 0.2) is 0 Å². The van der Waals surface area contributed by atoms with Crippen LogP contribution in [-0.4, -0.2) is 33.4 Å².